The molecule has 9 heavy (non-hydrogen) atoms. The second-order valence-corrected chi connectivity index (χ2v) is 3.23. The Labute approximate surface area is 58.1 Å². The minimum Gasteiger partial charge on any atom is -0.324 e. The third-order valence-corrected chi connectivity index (χ3v) is 1.63. The Balaban J connectivity index is 0. The molecule has 5 nitrogen and oxygen atoms in total. The minimum atomic E-state index is -3.80. The van der Waals surface area contributed by atoms with Gasteiger partial charge in [0.1, 0.15) is 0 Å². The van der Waals surface area contributed by atoms with E-state index in [1.54, 1.807) is 0 Å². The van der Waals surface area contributed by atoms with E-state index >= 15 is 0 Å². The van der Waals surface area contributed by atoms with Crippen molar-refractivity contribution in [3.05, 3.63) is 0 Å². The van der Waals surface area contributed by atoms with Gasteiger partial charge in [-0.05, 0) is 0 Å². The van der Waals surface area contributed by atoms with Crippen LogP contribution in [0.3, 0.4) is 0 Å². The van der Waals surface area contributed by atoms with Gasteiger partial charge < -0.3 is 9.79 Å². The van der Waals surface area contributed by atoms with E-state index < -0.39 is 7.60 Å². The van der Waals surface area contributed by atoms with Gasteiger partial charge in [-0.2, -0.15) is 0 Å². The summed E-state index contributed by atoms with van der Waals surface area (Å²) in [6.07, 6.45) is -0.228. The molecule has 0 heterocycles. The summed E-state index contributed by atoms with van der Waals surface area (Å²) >= 11 is 4.99. The Kier molecular flexibility index (Phi) is 8.69. The van der Waals surface area contributed by atoms with Crippen molar-refractivity contribution in [2.45, 2.75) is 0 Å². The highest BCUT2D eigenvalue weighted by molar-refractivity contribution is 7.51. The standard InChI is InChI=1S/C2H6ClO3P.H4N2/c3-1-2-7(4,5)6;1-2/h1-2H2,(H2,4,5,6);1-2H2. The van der Waals surface area contributed by atoms with E-state index in [-0.39, 0.29) is 12.0 Å². The Morgan fingerprint density at radius 2 is 1.78 bits per heavy atom. The molecular weight excluding hydrogens is 166 g/mol. The van der Waals surface area contributed by atoms with Gasteiger partial charge in [-0.3, -0.25) is 16.3 Å². The van der Waals surface area contributed by atoms with Crippen LogP contribution >= 0.6 is 19.2 Å². The van der Waals surface area contributed by atoms with Gasteiger partial charge in [-0.25, -0.2) is 0 Å². The lowest BCUT2D eigenvalue weighted by Gasteiger charge is -1.95. The third-order valence-electron chi connectivity index (χ3n) is 0.376. The number of nitrogens with two attached hydrogens (primary N) is 2. The van der Waals surface area contributed by atoms with Crippen LogP contribution in [-0.2, 0) is 4.57 Å². The molecule has 0 spiro atoms. The van der Waals surface area contributed by atoms with E-state index in [0.29, 0.717) is 0 Å². The normalized spacial score (nSPS) is 9.89. The van der Waals surface area contributed by atoms with Gasteiger partial charge >= 0.3 is 7.60 Å². The van der Waals surface area contributed by atoms with Gasteiger partial charge in [0, 0.05) is 5.88 Å². The molecule has 0 saturated heterocycles. The highest BCUT2D eigenvalue weighted by Crippen LogP contribution is 2.33. The summed E-state index contributed by atoms with van der Waals surface area (Å²) in [5.74, 6) is 8.02. The zero-order valence-corrected chi connectivity index (χ0v) is 6.35. The lowest BCUT2D eigenvalue weighted by atomic mass is 11.0. The zero-order chi connectivity index (χ0) is 7.91. The molecular formula is C2H10ClN2O3P. The second kappa shape index (κ2) is 6.48. The first-order valence-electron chi connectivity index (χ1n) is 2.00. The smallest absolute Gasteiger partial charge is 0.324 e. The highest BCUT2D eigenvalue weighted by atomic mass is 35.5. The summed E-state index contributed by atoms with van der Waals surface area (Å²) in [7, 11) is -3.80. The Hall–Kier alpha value is 0.360. The molecule has 0 aliphatic heterocycles. The molecule has 58 valence electrons. The predicted octanol–water partition coefficient (Wildman–Crippen LogP) is -0.778. The van der Waals surface area contributed by atoms with Gasteiger partial charge in [0.15, 0.2) is 0 Å². The lowest BCUT2D eigenvalue weighted by molar-refractivity contribution is 0.375. The molecule has 6 N–H and O–H groups in total. The van der Waals surface area contributed by atoms with E-state index in [0.717, 1.165) is 0 Å². The monoisotopic (exact) mass is 176 g/mol. The molecule has 0 saturated carbocycles. The first-order chi connectivity index (χ1) is 4.06. The molecule has 0 atom stereocenters. The fourth-order valence-electron chi connectivity index (χ4n) is 0.110. The molecule has 0 aromatic carbocycles. The van der Waals surface area contributed by atoms with Crippen LogP contribution in [0.1, 0.15) is 0 Å². The van der Waals surface area contributed by atoms with Crippen molar-refractivity contribution < 1.29 is 14.4 Å². The van der Waals surface area contributed by atoms with Crippen LogP contribution in [0.25, 0.3) is 0 Å². The maximum atomic E-state index is 9.84. The van der Waals surface area contributed by atoms with Gasteiger partial charge in [-0.15, -0.1) is 11.6 Å². The lowest BCUT2D eigenvalue weighted by Crippen LogP contribution is -2.02. The quantitative estimate of drug-likeness (QED) is 0.191. The molecule has 0 rings (SSSR count). The first-order valence-corrected chi connectivity index (χ1v) is 4.33. The highest BCUT2D eigenvalue weighted by Gasteiger charge is 2.09. The van der Waals surface area contributed by atoms with Crippen LogP contribution in [0.15, 0.2) is 0 Å². The number of alkyl halides is 1. The van der Waals surface area contributed by atoms with Crippen LogP contribution in [-0.4, -0.2) is 21.8 Å². The third kappa shape index (κ3) is 17.8. The van der Waals surface area contributed by atoms with E-state index in [4.69, 9.17) is 21.4 Å². The van der Waals surface area contributed by atoms with Gasteiger partial charge in [0.25, 0.3) is 0 Å². The molecule has 0 aliphatic carbocycles. The SMILES string of the molecule is NN.O=P(O)(O)CCCl. The molecule has 0 amide bonds. The van der Waals surface area contributed by atoms with Crippen LogP contribution in [0.2, 0.25) is 0 Å². The fourth-order valence-corrected chi connectivity index (χ4v) is 0.991. The van der Waals surface area contributed by atoms with Crippen molar-refractivity contribution in [3.63, 3.8) is 0 Å². The van der Waals surface area contributed by atoms with Crippen LogP contribution in [0.5, 0.6) is 0 Å². The van der Waals surface area contributed by atoms with Crippen molar-refractivity contribution in [2.75, 3.05) is 12.0 Å². The van der Waals surface area contributed by atoms with E-state index in [1.165, 1.54) is 0 Å². The maximum absolute atomic E-state index is 9.84. The molecule has 0 aromatic rings. The van der Waals surface area contributed by atoms with Crippen molar-refractivity contribution in [1.82, 2.24) is 0 Å². The van der Waals surface area contributed by atoms with Crippen LogP contribution < -0.4 is 11.7 Å². The topological polar surface area (TPSA) is 110 Å². The van der Waals surface area contributed by atoms with E-state index in [1.807, 2.05) is 0 Å². The summed E-state index contributed by atoms with van der Waals surface area (Å²) in [4.78, 5) is 16.1. The zero-order valence-electron chi connectivity index (χ0n) is 4.70. The number of hydrogen-bond acceptors (Lipinski definition) is 3. The van der Waals surface area contributed by atoms with Gasteiger partial charge in [0.2, 0.25) is 0 Å². The van der Waals surface area contributed by atoms with Crippen molar-refractivity contribution in [2.24, 2.45) is 11.7 Å². The van der Waals surface area contributed by atoms with Gasteiger partial charge in [0.05, 0.1) is 6.16 Å². The summed E-state index contributed by atoms with van der Waals surface area (Å²) in [6.45, 7) is 0. The maximum Gasteiger partial charge on any atom is 0.326 e. The minimum absolute atomic E-state index is 0.0181. The molecule has 0 unspecified atom stereocenters. The molecule has 0 radical (unpaired) electrons. The Morgan fingerprint density at radius 1 is 1.44 bits per heavy atom. The number of hydrogen-bond donors (Lipinski definition) is 4. The van der Waals surface area contributed by atoms with Crippen molar-refractivity contribution in [3.8, 4) is 0 Å². The van der Waals surface area contributed by atoms with Crippen molar-refractivity contribution >= 4 is 19.2 Å². The molecule has 0 fully saturated rings. The largest absolute Gasteiger partial charge is 0.326 e. The number of hydrazine groups is 1. The molecule has 0 bridgehead atoms. The van der Waals surface area contributed by atoms with Gasteiger partial charge in [-0.1, -0.05) is 0 Å². The first kappa shape index (κ1) is 12.1. The van der Waals surface area contributed by atoms with E-state index in [9.17, 15) is 4.57 Å². The fraction of sp³-hybridized carbons (Fsp3) is 1.00. The average Bonchev–Trinajstić information content (AvgIpc) is 1.69. The molecule has 7 heteroatoms. The summed E-state index contributed by atoms with van der Waals surface area (Å²) < 4.78 is 9.84. The van der Waals surface area contributed by atoms with Crippen LogP contribution in [0, 0.1) is 0 Å². The molecule has 0 aliphatic rings. The average molecular weight is 177 g/mol. The summed E-state index contributed by atoms with van der Waals surface area (Å²) in [6, 6.07) is 0. The Bertz CT molecular complexity index is 93.8. The Morgan fingerprint density at radius 3 is 1.78 bits per heavy atom. The summed E-state index contributed by atoms with van der Waals surface area (Å²) in [5, 5.41) is 0. The van der Waals surface area contributed by atoms with E-state index in [2.05, 4.69) is 11.7 Å². The van der Waals surface area contributed by atoms with Crippen molar-refractivity contribution in [1.29, 1.82) is 0 Å². The second-order valence-electron chi connectivity index (χ2n) is 1.08. The number of rotatable bonds is 2. The summed E-state index contributed by atoms with van der Waals surface area (Å²) in [5.41, 5.74) is 0. The molecule has 0 aromatic heterocycles. The van der Waals surface area contributed by atoms with Crippen LogP contribution in [0.4, 0.5) is 0 Å². The predicted molar refractivity (Wildman–Crippen MR) is 36.0 cm³/mol. The number of halogens is 1.